The Bertz CT molecular complexity index is 1800. The lowest BCUT2D eigenvalue weighted by Crippen LogP contribution is -2.22. The number of nitrogens with one attached hydrogen (secondary N) is 1. The maximum absolute atomic E-state index is 14.0. The highest BCUT2D eigenvalue weighted by Gasteiger charge is 2.24. The Labute approximate surface area is 204 Å². The van der Waals surface area contributed by atoms with E-state index in [-0.39, 0.29) is 16.9 Å². The van der Waals surface area contributed by atoms with E-state index in [1.54, 1.807) is 30.5 Å². The van der Waals surface area contributed by atoms with Crippen LogP contribution in [0.5, 0.6) is 0 Å². The van der Waals surface area contributed by atoms with Crippen molar-refractivity contribution >= 4 is 37.8 Å². The summed E-state index contributed by atoms with van der Waals surface area (Å²) in [4.78, 5) is 21.6. The van der Waals surface area contributed by atoms with Gasteiger partial charge in [0, 0.05) is 53.0 Å². The number of rotatable bonds is 5. The molecular formula is C25H19F2N5O3S. The second kappa shape index (κ2) is 8.47. The summed E-state index contributed by atoms with van der Waals surface area (Å²) in [6.07, 6.45) is 3.11. The normalized spacial score (nSPS) is 12.2. The molecule has 182 valence electrons. The van der Waals surface area contributed by atoms with Crippen LogP contribution in [0, 0.1) is 0 Å². The van der Waals surface area contributed by atoms with Crippen molar-refractivity contribution in [1.29, 1.82) is 0 Å². The molecule has 0 saturated carbocycles. The first-order valence-corrected chi connectivity index (χ1v) is 12.2. The monoisotopic (exact) mass is 507 g/mol. The van der Waals surface area contributed by atoms with Crippen LogP contribution in [0.1, 0.15) is 12.5 Å². The molecule has 0 radical (unpaired) electrons. The van der Waals surface area contributed by atoms with Gasteiger partial charge in [-0.2, -0.15) is 8.42 Å². The van der Waals surface area contributed by atoms with Crippen molar-refractivity contribution in [2.75, 3.05) is 4.72 Å². The van der Waals surface area contributed by atoms with E-state index in [0.717, 1.165) is 12.5 Å². The van der Waals surface area contributed by atoms with Gasteiger partial charge < -0.3 is 0 Å². The first-order valence-electron chi connectivity index (χ1n) is 10.7. The number of hydrogen-bond acceptors (Lipinski definition) is 5. The van der Waals surface area contributed by atoms with Crippen molar-refractivity contribution in [3.8, 4) is 16.8 Å². The standard InChI is InChI=1S/C25H19F2N5O3S/c1-25(26,27)18-3-2-4-19(12-18)32-23(33)10-7-17-14-29-21-8-5-15(11-20(21)24(17)32)16-6-9-22(30-13-16)31-36(28,34)35/h2-14H,1H3,(H,30,31)(H2,28,34,35). The smallest absolute Gasteiger partial charge is 0.276 e. The molecule has 3 heterocycles. The SMILES string of the molecule is CC(F)(F)c1cccc(-n2c(=O)ccc3cnc4ccc(-c5ccc(NS(N)(=O)=O)nc5)cc4c32)c1. The van der Waals surface area contributed by atoms with Gasteiger partial charge in [0.15, 0.2) is 0 Å². The van der Waals surface area contributed by atoms with Gasteiger partial charge in [-0.25, -0.2) is 18.9 Å². The number of fused-ring (bicyclic) bond motifs is 3. The summed E-state index contributed by atoms with van der Waals surface area (Å²) in [5, 5.41) is 6.26. The molecule has 5 rings (SSSR count). The number of halogens is 2. The Morgan fingerprint density at radius 1 is 0.944 bits per heavy atom. The molecule has 11 heteroatoms. The number of alkyl halides is 2. The fraction of sp³-hybridized carbons (Fsp3) is 0.0800. The van der Waals surface area contributed by atoms with Gasteiger partial charge in [0.25, 0.3) is 21.7 Å². The van der Waals surface area contributed by atoms with Crippen molar-refractivity contribution < 1.29 is 17.2 Å². The van der Waals surface area contributed by atoms with E-state index in [9.17, 15) is 22.0 Å². The van der Waals surface area contributed by atoms with Gasteiger partial charge in [0.2, 0.25) is 0 Å². The lowest BCUT2D eigenvalue weighted by molar-refractivity contribution is 0.0174. The molecular weight excluding hydrogens is 488 g/mol. The molecule has 0 unspecified atom stereocenters. The third-order valence-corrected chi connectivity index (χ3v) is 6.17. The predicted octanol–water partition coefficient (Wildman–Crippen LogP) is 4.33. The fourth-order valence-electron chi connectivity index (χ4n) is 4.04. The summed E-state index contributed by atoms with van der Waals surface area (Å²) >= 11 is 0. The van der Waals surface area contributed by atoms with Crippen molar-refractivity contribution in [3.63, 3.8) is 0 Å². The molecule has 0 amide bonds. The molecule has 0 bridgehead atoms. The molecule has 0 fully saturated rings. The minimum Gasteiger partial charge on any atom is -0.276 e. The van der Waals surface area contributed by atoms with Crippen molar-refractivity contribution in [1.82, 2.24) is 14.5 Å². The van der Waals surface area contributed by atoms with E-state index < -0.39 is 16.1 Å². The quantitative estimate of drug-likeness (QED) is 0.343. The summed E-state index contributed by atoms with van der Waals surface area (Å²) in [5.41, 5.74) is 2.24. The Balaban J connectivity index is 1.72. The van der Waals surface area contributed by atoms with Crippen LogP contribution in [-0.4, -0.2) is 23.0 Å². The zero-order chi connectivity index (χ0) is 25.7. The molecule has 0 aliphatic heterocycles. The molecule has 3 N–H and O–H groups in total. The summed E-state index contributed by atoms with van der Waals surface area (Å²) in [6, 6.07) is 17.3. The van der Waals surface area contributed by atoms with Gasteiger partial charge in [0.1, 0.15) is 5.82 Å². The van der Waals surface area contributed by atoms with Crippen molar-refractivity contribution in [2.24, 2.45) is 5.14 Å². The second-order valence-electron chi connectivity index (χ2n) is 8.32. The summed E-state index contributed by atoms with van der Waals surface area (Å²) in [7, 11) is -3.96. The van der Waals surface area contributed by atoms with Crippen molar-refractivity contribution in [3.05, 3.63) is 95.0 Å². The first-order chi connectivity index (χ1) is 17.0. The first kappa shape index (κ1) is 23.5. The number of aromatic nitrogens is 3. The van der Waals surface area contributed by atoms with E-state index in [1.807, 2.05) is 12.1 Å². The molecule has 8 nitrogen and oxygen atoms in total. The highest BCUT2D eigenvalue weighted by atomic mass is 32.2. The third kappa shape index (κ3) is 4.53. The van der Waals surface area contributed by atoms with Gasteiger partial charge in [-0.1, -0.05) is 18.2 Å². The average Bonchev–Trinajstić information content (AvgIpc) is 2.82. The highest BCUT2D eigenvalue weighted by molar-refractivity contribution is 7.90. The molecule has 3 aromatic heterocycles. The molecule has 0 atom stereocenters. The van der Waals surface area contributed by atoms with E-state index >= 15 is 0 Å². The number of pyridine rings is 3. The van der Waals surface area contributed by atoms with Gasteiger partial charge in [0.05, 0.1) is 11.0 Å². The molecule has 0 aliphatic rings. The molecule has 0 spiro atoms. The molecule has 2 aromatic carbocycles. The van der Waals surface area contributed by atoms with E-state index in [0.29, 0.717) is 33.1 Å². The maximum atomic E-state index is 14.0. The Morgan fingerprint density at radius 2 is 1.72 bits per heavy atom. The van der Waals surface area contributed by atoms with Crippen LogP contribution in [0.3, 0.4) is 0 Å². The molecule has 0 aliphatic carbocycles. The molecule has 36 heavy (non-hydrogen) atoms. The van der Waals surface area contributed by atoms with Crippen LogP contribution in [0.15, 0.2) is 83.9 Å². The zero-order valence-electron chi connectivity index (χ0n) is 18.8. The van der Waals surface area contributed by atoms with Gasteiger partial charge in [-0.3, -0.25) is 19.1 Å². The summed E-state index contributed by atoms with van der Waals surface area (Å²) < 4.78 is 54.0. The minimum atomic E-state index is -3.96. The van der Waals surface area contributed by atoms with Crippen LogP contribution in [-0.2, 0) is 16.1 Å². The number of benzene rings is 2. The largest absolute Gasteiger partial charge is 0.297 e. The van der Waals surface area contributed by atoms with Crippen LogP contribution >= 0.6 is 0 Å². The topological polar surface area (TPSA) is 120 Å². The second-order valence-corrected chi connectivity index (χ2v) is 9.61. The molecule has 0 saturated heterocycles. The Kier molecular flexibility index (Phi) is 5.53. The predicted molar refractivity (Wildman–Crippen MR) is 134 cm³/mol. The van der Waals surface area contributed by atoms with E-state index in [4.69, 9.17) is 5.14 Å². The average molecular weight is 508 g/mol. The number of anilines is 1. The van der Waals surface area contributed by atoms with Gasteiger partial charge in [-0.05, 0) is 48.0 Å². The summed E-state index contributed by atoms with van der Waals surface area (Å²) in [5.74, 6) is -3.01. The minimum absolute atomic E-state index is 0.0654. The maximum Gasteiger partial charge on any atom is 0.297 e. The van der Waals surface area contributed by atoms with Crippen molar-refractivity contribution in [2.45, 2.75) is 12.8 Å². The Hall–Kier alpha value is -4.22. The lowest BCUT2D eigenvalue weighted by Gasteiger charge is -2.16. The number of nitrogens with two attached hydrogens (primary N) is 1. The van der Waals surface area contributed by atoms with Crippen LogP contribution in [0.25, 0.3) is 38.6 Å². The van der Waals surface area contributed by atoms with Gasteiger partial charge >= 0.3 is 0 Å². The van der Waals surface area contributed by atoms with Gasteiger partial charge in [-0.15, -0.1) is 0 Å². The van der Waals surface area contributed by atoms with Crippen LogP contribution < -0.4 is 15.4 Å². The number of nitrogens with zero attached hydrogens (tertiary/aromatic N) is 3. The fourth-order valence-corrected chi connectivity index (χ4v) is 4.45. The zero-order valence-corrected chi connectivity index (χ0v) is 19.6. The van der Waals surface area contributed by atoms with E-state index in [1.165, 1.54) is 41.1 Å². The summed E-state index contributed by atoms with van der Waals surface area (Å²) in [6.45, 7) is 0.807. The van der Waals surface area contributed by atoms with Crippen LogP contribution in [0.2, 0.25) is 0 Å². The Morgan fingerprint density at radius 3 is 2.42 bits per heavy atom. The number of hydrogen-bond donors (Lipinski definition) is 2. The van der Waals surface area contributed by atoms with E-state index in [2.05, 4.69) is 14.7 Å². The third-order valence-electron chi connectivity index (χ3n) is 5.67. The highest BCUT2D eigenvalue weighted by Crippen LogP contribution is 2.32. The molecule has 5 aromatic rings. The van der Waals surface area contributed by atoms with Crippen LogP contribution in [0.4, 0.5) is 14.6 Å². The lowest BCUT2D eigenvalue weighted by atomic mass is 10.0.